The van der Waals surface area contributed by atoms with E-state index < -0.39 is 0 Å². The lowest BCUT2D eigenvalue weighted by Gasteiger charge is -2.41. The molecule has 1 aromatic carbocycles. The summed E-state index contributed by atoms with van der Waals surface area (Å²) in [7, 11) is 2.09. The Morgan fingerprint density at radius 1 is 1.11 bits per heavy atom. The first kappa shape index (κ1) is 17.8. The summed E-state index contributed by atoms with van der Waals surface area (Å²) >= 11 is 0. The number of likely N-dealkylation sites (N-methyl/N-ethyl adjacent to an activating group) is 1. The zero-order chi connectivity index (χ0) is 18.8. The van der Waals surface area contributed by atoms with Gasteiger partial charge in [-0.15, -0.1) is 0 Å². The van der Waals surface area contributed by atoms with E-state index >= 15 is 0 Å². The van der Waals surface area contributed by atoms with Gasteiger partial charge in [-0.1, -0.05) is 30.3 Å². The zero-order valence-corrected chi connectivity index (χ0v) is 15.6. The average Bonchev–Trinajstić information content (AvgIpc) is 3.32. The van der Waals surface area contributed by atoms with Crippen LogP contribution in [0.5, 0.6) is 0 Å². The van der Waals surface area contributed by atoms with Crippen molar-refractivity contribution in [2.24, 2.45) is 5.92 Å². The predicted molar refractivity (Wildman–Crippen MR) is 101 cm³/mol. The fourth-order valence-corrected chi connectivity index (χ4v) is 4.06. The van der Waals surface area contributed by atoms with Gasteiger partial charge in [0.05, 0.1) is 24.8 Å². The van der Waals surface area contributed by atoms with Gasteiger partial charge in [0.15, 0.2) is 0 Å². The number of benzene rings is 1. The van der Waals surface area contributed by atoms with Crippen LogP contribution in [0.25, 0.3) is 0 Å². The van der Waals surface area contributed by atoms with Gasteiger partial charge in [0.2, 0.25) is 11.8 Å². The van der Waals surface area contributed by atoms with Crippen LogP contribution in [0, 0.1) is 5.92 Å². The molecule has 27 heavy (non-hydrogen) atoms. The molecule has 6 heteroatoms. The molecular formula is C21H25N3O3. The van der Waals surface area contributed by atoms with Gasteiger partial charge in [0.1, 0.15) is 5.76 Å². The molecule has 6 nitrogen and oxygen atoms in total. The molecule has 0 radical (unpaired) electrons. The molecule has 4 rings (SSSR count). The van der Waals surface area contributed by atoms with Crippen LogP contribution in [0.15, 0.2) is 53.1 Å². The largest absolute Gasteiger partial charge is 0.467 e. The molecule has 142 valence electrons. The van der Waals surface area contributed by atoms with E-state index in [1.807, 2.05) is 35.2 Å². The van der Waals surface area contributed by atoms with E-state index in [2.05, 4.69) is 24.1 Å². The van der Waals surface area contributed by atoms with Crippen LogP contribution >= 0.6 is 0 Å². The highest BCUT2D eigenvalue weighted by atomic mass is 16.3. The summed E-state index contributed by atoms with van der Waals surface area (Å²) in [6, 6.07) is 13.9. The third-order valence-corrected chi connectivity index (χ3v) is 5.54. The molecule has 0 N–H and O–H groups in total. The molecular weight excluding hydrogens is 342 g/mol. The number of hydrogen-bond donors (Lipinski definition) is 0. The second-order valence-corrected chi connectivity index (χ2v) is 7.48. The molecule has 2 amide bonds. The monoisotopic (exact) mass is 367 g/mol. The molecule has 2 atom stereocenters. The summed E-state index contributed by atoms with van der Waals surface area (Å²) in [4.78, 5) is 31.7. The summed E-state index contributed by atoms with van der Waals surface area (Å²) in [6.45, 7) is 3.25. The minimum atomic E-state index is -0.276. The number of piperazine rings is 1. The third kappa shape index (κ3) is 3.76. The molecule has 2 saturated heterocycles. The Hall–Kier alpha value is -2.60. The third-order valence-electron chi connectivity index (χ3n) is 5.54. The summed E-state index contributed by atoms with van der Waals surface area (Å²) in [5.74, 6) is 0.586. The minimum Gasteiger partial charge on any atom is -0.467 e. The van der Waals surface area contributed by atoms with Crippen molar-refractivity contribution in [1.82, 2.24) is 14.7 Å². The maximum Gasteiger partial charge on any atom is 0.228 e. The van der Waals surface area contributed by atoms with E-state index in [9.17, 15) is 9.59 Å². The molecule has 0 bridgehead atoms. The van der Waals surface area contributed by atoms with Crippen LogP contribution < -0.4 is 0 Å². The number of amides is 2. The predicted octanol–water partition coefficient (Wildman–Crippen LogP) is 2.14. The van der Waals surface area contributed by atoms with Gasteiger partial charge in [-0.25, -0.2) is 0 Å². The van der Waals surface area contributed by atoms with E-state index in [4.69, 9.17) is 4.42 Å². The minimum absolute atomic E-state index is 0.0233. The molecule has 2 aliphatic heterocycles. The van der Waals surface area contributed by atoms with Gasteiger partial charge >= 0.3 is 0 Å². The van der Waals surface area contributed by atoms with Crippen molar-refractivity contribution < 1.29 is 14.0 Å². The van der Waals surface area contributed by atoms with Crippen LogP contribution in [-0.4, -0.2) is 59.7 Å². The van der Waals surface area contributed by atoms with Crippen LogP contribution in [0.4, 0.5) is 0 Å². The van der Waals surface area contributed by atoms with Gasteiger partial charge in [0.25, 0.3) is 0 Å². The van der Waals surface area contributed by atoms with E-state index in [0.717, 1.165) is 24.4 Å². The van der Waals surface area contributed by atoms with Gasteiger partial charge < -0.3 is 19.1 Å². The van der Waals surface area contributed by atoms with Crippen molar-refractivity contribution in [2.75, 3.05) is 33.2 Å². The van der Waals surface area contributed by atoms with Crippen molar-refractivity contribution in [1.29, 1.82) is 0 Å². The van der Waals surface area contributed by atoms with Crippen LogP contribution in [-0.2, 0) is 16.1 Å². The molecule has 0 unspecified atom stereocenters. The highest BCUT2D eigenvalue weighted by Gasteiger charge is 2.40. The van der Waals surface area contributed by atoms with Gasteiger partial charge in [-0.3, -0.25) is 9.59 Å². The number of carbonyl (C=O) groups is 2. The Labute approximate surface area is 159 Å². The Morgan fingerprint density at radius 2 is 1.93 bits per heavy atom. The first-order valence-corrected chi connectivity index (χ1v) is 9.46. The Bertz CT molecular complexity index is 790. The number of nitrogens with zero attached hydrogens (tertiary/aromatic N) is 3. The molecule has 0 aliphatic carbocycles. The lowest BCUT2D eigenvalue weighted by Crippen LogP contribution is -2.51. The number of rotatable bonds is 4. The molecule has 0 saturated carbocycles. The standard InChI is InChI=1S/C21H25N3O3/c1-22-9-10-24(19(15-22)16-6-3-2-4-7-16)21(26)17-12-20(25)23(13-17)14-18-8-5-11-27-18/h2-8,11,17,19H,9-10,12-15H2,1H3/t17-,19+/m1/s1. The second-order valence-electron chi connectivity index (χ2n) is 7.48. The second kappa shape index (κ2) is 7.56. The smallest absolute Gasteiger partial charge is 0.228 e. The first-order valence-electron chi connectivity index (χ1n) is 9.46. The summed E-state index contributed by atoms with van der Waals surface area (Å²) in [6.07, 6.45) is 1.89. The average molecular weight is 367 g/mol. The van der Waals surface area contributed by atoms with Crippen molar-refractivity contribution in [2.45, 2.75) is 19.0 Å². The fourth-order valence-electron chi connectivity index (χ4n) is 4.06. The fraction of sp³-hybridized carbons (Fsp3) is 0.429. The molecule has 2 aromatic rings. The Kier molecular flexibility index (Phi) is 4.99. The van der Waals surface area contributed by atoms with Gasteiger partial charge in [-0.2, -0.15) is 0 Å². The van der Waals surface area contributed by atoms with Crippen LogP contribution in [0.3, 0.4) is 0 Å². The number of carbonyl (C=O) groups excluding carboxylic acids is 2. The van der Waals surface area contributed by atoms with Crippen LogP contribution in [0.2, 0.25) is 0 Å². The lowest BCUT2D eigenvalue weighted by molar-refractivity contribution is -0.140. The number of likely N-dealkylation sites (tertiary alicyclic amines) is 1. The van der Waals surface area contributed by atoms with Crippen molar-refractivity contribution in [3.05, 3.63) is 60.1 Å². The van der Waals surface area contributed by atoms with E-state index in [-0.39, 0.29) is 30.2 Å². The first-order chi connectivity index (χ1) is 13.1. The molecule has 2 aliphatic rings. The van der Waals surface area contributed by atoms with E-state index in [1.54, 1.807) is 11.2 Å². The number of hydrogen-bond acceptors (Lipinski definition) is 4. The molecule has 1 aromatic heterocycles. The molecule has 0 spiro atoms. The Morgan fingerprint density at radius 3 is 2.67 bits per heavy atom. The topological polar surface area (TPSA) is 57.0 Å². The maximum absolute atomic E-state index is 13.3. The summed E-state index contributed by atoms with van der Waals surface area (Å²) in [5.41, 5.74) is 1.15. The quantitative estimate of drug-likeness (QED) is 0.831. The molecule has 2 fully saturated rings. The van der Waals surface area contributed by atoms with Gasteiger partial charge in [0, 0.05) is 32.6 Å². The van der Waals surface area contributed by atoms with E-state index in [0.29, 0.717) is 19.6 Å². The highest BCUT2D eigenvalue weighted by molar-refractivity contribution is 5.89. The van der Waals surface area contributed by atoms with Gasteiger partial charge in [-0.05, 0) is 24.7 Å². The normalized spacial score (nSPS) is 23.8. The van der Waals surface area contributed by atoms with Crippen LogP contribution in [0.1, 0.15) is 23.8 Å². The van der Waals surface area contributed by atoms with Crippen molar-refractivity contribution >= 4 is 11.8 Å². The summed E-state index contributed by atoms with van der Waals surface area (Å²) < 4.78 is 5.35. The van der Waals surface area contributed by atoms with Crippen molar-refractivity contribution in [3.8, 4) is 0 Å². The number of furan rings is 1. The Balaban J connectivity index is 1.48. The SMILES string of the molecule is CN1CCN(C(=O)[C@@H]2CC(=O)N(Cc3ccco3)C2)[C@H](c2ccccc2)C1. The zero-order valence-electron chi connectivity index (χ0n) is 15.6. The molecule has 3 heterocycles. The summed E-state index contributed by atoms with van der Waals surface area (Å²) in [5, 5.41) is 0. The van der Waals surface area contributed by atoms with E-state index in [1.165, 1.54) is 0 Å². The lowest BCUT2D eigenvalue weighted by atomic mass is 9.99. The maximum atomic E-state index is 13.3. The highest BCUT2D eigenvalue weighted by Crippen LogP contribution is 2.29. The van der Waals surface area contributed by atoms with Crippen molar-refractivity contribution in [3.63, 3.8) is 0 Å².